The van der Waals surface area contributed by atoms with Crippen LogP contribution in [-0.2, 0) is 6.54 Å². The van der Waals surface area contributed by atoms with Crippen LogP contribution in [-0.4, -0.2) is 50.9 Å². The molecule has 1 aliphatic rings. The molecule has 2 aromatic heterocycles. The summed E-state index contributed by atoms with van der Waals surface area (Å²) in [7, 11) is 0. The number of aromatic amines is 1. The molecule has 0 amide bonds. The van der Waals surface area contributed by atoms with E-state index in [4.69, 9.17) is 0 Å². The molecular formula is C19H22FN5. The summed E-state index contributed by atoms with van der Waals surface area (Å²) >= 11 is 0. The number of rotatable bonds is 4. The van der Waals surface area contributed by atoms with Gasteiger partial charge in [-0.05, 0) is 30.7 Å². The highest BCUT2D eigenvalue weighted by Gasteiger charge is 2.22. The maximum absolute atomic E-state index is 13.8. The second kappa shape index (κ2) is 6.90. The molecule has 0 unspecified atom stereocenters. The number of nitrogens with one attached hydrogen (secondary N) is 1. The molecule has 1 saturated heterocycles. The number of imidazole rings is 1. The zero-order valence-corrected chi connectivity index (χ0v) is 14.3. The van der Waals surface area contributed by atoms with Crippen LogP contribution in [0.15, 0.2) is 42.7 Å². The molecule has 25 heavy (non-hydrogen) atoms. The van der Waals surface area contributed by atoms with E-state index in [0.29, 0.717) is 11.6 Å². The van der Waals surface area contributed by atoms with Crippen molar-refractivity contribution in [2.75, 3.05) is 26.2 Å². The second-order valence-corrected chi connectivity index (χ2v) is 6.59. The number of hydrogen-bond donors (Lipinski definition) is 1. The van der Waals surface area contributed by atoms with Gasteiger partial charge in [-0.1, -0.05) is 12.1 Å². The zero-order chi connectivity index (χ0) is 17.2. The van der Waals surface area contributed by atoms with Crippen LogP contribution < -0.4 is 0 Å². The first kappa shape index (κ1) is 16.2. The number of aromatic nitrogens is 3. The molecule has 0 radical (unpaired) electrons. The van der Waals surface area contributed by atoms with Crippen LogP contribution in [0.1, 0.15) is 24.4 Å². The summed E-state index contributed by atoms with van der Waals surface area (Å²) in [6.07, 6.45) is 3.75. The van der Waals surface area contributed by atoms with Gasteiger partial charge in [-0.2, -0.15) is 0 Å². The predicted octanol–water partition coefficient (Wildman–Crippen LogP) is 2.98. The SMILES string of the molecule is C[C@@H](c1cccnc1)N1CCN(Cc2nc3c(F)cccc3[nH]2)CC1. The van der Waals surface area contributed by atoms with Crippen molar-refractivity contribution in [3.63, 3.8) is 0 Å². The third-order valence-corrected chi connectivity index (χ3v) is 5.01. The van der Waals surface area contributed by atoms with E-state index in [1.165, 1.54) is 11.6 Å². The van der Waals surface area contributed by atoms with E-state index in [-0.39, 0.29) is 5.82 Å². The van der Waals surface area contributed by atoms with E-state index in [0.717, 1.165) is 44.1 Å². The highest BCUT2D eigenvalue weighted by molar-refractivity contribution is 5.75. The first-order valence-electron chi connectivity index (χ1n) is 8.70. The van der Waals surface area contributed by atoms with Gasteiger partial charge in [0.15, 0.2) is 5.82 Å². The fraction of sp³-hybridized carbons (Fsp3) is 0.368. The van der Waals surface area contributed by atoms with E-state index >= 15 is 0 Å². The predicted molar refractivity (Wildman–Crippen MR) is 95.6 cm³/mol. The average molecular weight is 339 g/mol. The van der Waals surface area contributed by atoms with Crippen LogP contribution >= 0.6 is 0 Å². The third-order valence-electron chi connectivity index (χ3n) is 5.01. The number of benzene rings is 1. The maximum Gasteiger partial charge on any atom is 0.151 e. The number of para-hydroxylation sites is 1. The van der Waals surface area contributed by atoms with Gasteiger partial charge in [-0.3, -0.25) is 14.8 Å². The van der Waals surface area contributed by atoms with Crippen molar-refractivity contribution in [1.82, 2.24) is 24.8 Å². The Morgan fingerprint density at radius 1 is 1.16 bits per heavy atom. The van der Waals surface area contributed by atoms with Gasteiger partial charge in [0.2, 0.25) is 0 Å². The number of fused-ring (bicyclic) bond motifs is 1. The summed E-state index contributed by atoms with van der Waals surface area (Å²) in [4.78, 5) is 16.7. The zero-order valence-electron chi connectivity index (χ0n) is 14.3. The van der Waals surface area contributed by atoms with Gasteiger partial charge in [0, 0.05) is 44.6 Å². The van der Waals surface area contributed by atoms with E-state index in [1.54, 1.807) is 6.07 Å². The van der Waals surface area contributed by atoms with Crippen molar-refractivity contribution in [2.45, 2.75) is 19.5 Å². The third kappa shape index (κ3) is 3.41. The molecule has 1 N–H and O–H groups in total. The fourth-order valence-corrected chi connectivity index (χ4v) is 3.48. The van der Waals surface area contributed by atoms with Crippen LogP contribution in [0.5, 0.6) is 0 Å². The van der Waals surface area contributed by atoms with Gasteiger partial charge in [0.05, 0.1) is 12.1 Å². The van der Waals surface area contributed by atoms with Gasteiger partial charge in [0.1, 0.15) is 11.3 Å². The number of hydrogen-bond acceptors (Lipinski definition) is 4. The quantitative estimate of drug-likeness (QED) is 0.794. The molecule has 1 fully saturated rings. The lowest BCUT2D eigenvalue weighted by Crippen LogP contribution is -2.46. The Morgan fingerprint density at radius 2 is 2.00 bits per heavy atom. The van der Waals surface area contributed by atoms with Crippen LogP contribution in [0, 0.1) is 5.82 Å². The van der Waals surface area contributed by atoms with Crippen molar-refractivity contribution in [2.24, 2.45) is 0 Å². The Bertz CT molecular complexity index is 839. The summed E-state index contributed by atoms with van der Waals surface area (Å²) in [5, 5.41) is 0. The fourth-order valence-electron chi connectivity index (χ4n) is 3.48. The summed E-state index contributed by atoms with van der Waals surface area (Å²) < 4.78 is 13.8. The molecule has 5 nitrogen and oxygen atoms in total. The van der Waals surface area contributed by atoms with Crippen molar-refractivity contribution >= 4 is 11.0 Å². The molecule has 1 atom stereocenters. The van der Waals surface area contributed by atoms with Gasteiger partial charge < -0.3 is 4.98 Å². The van der Waals surface area contributed by atoms with Crippen LogP contribution in [0.25, 0.3) is 11.0 Å². The number of H-pyrrole nitrogens is 1. The highest BCUT2D eigenvalue weighted by atomic mass is 19.1. The standard InChI is InChI=1S/C19H22FN5/c1-14(15-4-3-7-21-12-15)25-10-8-24(9-11-25)13-18-22-17-6-2-5-16(20)19(17)23-18/h2-7,12,14H,8-11,13H2,1H3,(H,22,23)/t14-/m0/s1. The Kier molecular flexibility index (Phi) is 4.46. The van der Waals surface area contributed by atoms with E-state index in [2.05, 4.69) is 37.7 Å². The minimum Gasteiger partial charge on any atom is -0.341 e. The molecule has 3 aromatic rings. The maximum atomic E-state index is 13.8. The Labute approximate surface area is 146 Å². The summed E-state index contributed by atoms with van der Waals surface area (Å²) in [5.74, 6) is 0.559. The molecule has 1 aromatic carbocycles. The lowest BCUT2D eigenvalue weighted by molar-refractivity contribution is 0.0963. The van der Waals surface area contributed by atoms with Gasteiger partial charge >= 0.3 is 0 Å². The number of halogens is 1. The average Bonchev–Trinajstić information content (AvgIpc) is 3.06. The minimum absolute atomic E-state index is 0.268. The number of pyridine rings is 1. The first-order valence-corrected chi connectivity index (χ1v) is 8.70. The molecule has 0 aliphatic carbocycles. The molecule has 0 spiro atoms. The number of nitrogens with zero attached hydrogens (tertiary/aromatic N) is 4. The van der Waals surface area contributed by atoms with Crippen LogP contribution in [0.4, 0.5) is 4.39 Å². The molecule has 1 aliphatic heterocycles. The van der Waals surface area contributed by atoms with Gasteiger partial charge in [-0.15, -0.1) is 0 Å². The Morgan fingerprint density at radius 3 is 2.72 bits per heavy atom. The van der Waals surface area contributed by atoms with Crippen LogP contribution in [0.2, 0.25) is 0 Å². The topological polar surface area (TPSA) is 48.1 Å². The molecule has 4 rings (SSSR count). The van der Waals surface area contributed by atoms with Gasteiger partial charge in [0.25, 0.3) is 0 Å². The molecule has 3 heterocycles. The highest BCUT2D eigenvalue weighted by Crippen LogP contribution is 2.21. The molecular weight excluding hydrogens is 317 g/mol. The number of piperazine rings is 1. The van der Waals surface area contributed by atoms with Crippen molar-refractivity contribution in [3.8, 4) is 0 Å². The molecule has 0 saturated carbocycles. The van der Waals surface area contributed by atoms with E-state index in [9.17, 15) is 4.39 Å². The van der Waals surface area contributed by atoms with E-state index in [1.807, 2.05) is 24.5 Å². The molecule has 0 bridgehead atoms. The summed E-state index contributed by atoms with van der Waals surface area (Å²) in [6, 6.07) is 9.51. The van der Waals surface area contributed by atoms with Crippen molar-refractivity contribution < 1.29 is 4.39 Å². The second-order valence-electron chi connectivity index (χ2n) is 6.59. The Hall–Kier alpha value is -2.31. The van der Waals surface area contributed by atoms with Crippen LogP contribution in [0.3, 0.4) is 0 Å². The lowest BCUT2D eigenvalue weighted by Gasteiger charge is -2.37. The Balaban J connectivity index is 1.37. The minimum atomic E-state index is -0.268. The van der Waals surface area contributed by atoms with Crippen molar-refractivity contribution in [1.29, 1.82) is 0 Å². The largest absolute Gasteiger partial charge is 0.341 e. The lowest BCUT2D eigenvalue weighted by atomic mass is 10.1. The summed E-state index contributed by atoms with van der Waals surface area (Å²) in [6.45, 7) is 6.92. The van der Waals surface area contributed by atoms with E-state index < -0.39 is 0 Å². The molecule has 6 heteroatoms. The molecule has 130 valence electrons. The van der Waals surface area contributed by atoms with Gasteiger partial charge in [-0.25, -0.2) is 9.37 Å². The first-order chi connectivity index (χ1) is 12.2. The normalized spacial score (nSPS) is 17.8. The summed E-state index contributed by atoms with van der Waals surface area (Å²) in [5.41, 5.74) is 2.45. The smallest absolute Gasteiger partial charge is 0.151 e. The monoisotopic (exact) mass is 339 g/mol. The van der Waals surface area contributed by atoms with Crippen molar-refractivity contribution in [3.05, 3.63) is 59.9 Å².